The first-order chi connectivity index (χ1) is 12.8. The van der Waals surface area contributed by atoms with E-state index in [4.69, 9.17) is 0 Å². The van der Waals surface area contributed by atoms with Crippen LogP contribution in [0.4, 0.5) is 28.0 Å². The molecule has 2 amide bonds. The van der Waals surface area contributed by atoms with E-state index in [-0.39, 0.29) is 18.0 Å². The van der Waals surface area contributed by atoms with Gasteiger partial charge in [0.25, 0.3) is 0 Å². The van der Waals surface area contributed by atoms with Gasteiger partial charge in [0, 0.05) is 29.7 Å². The van der Waals surface area contributed by atoms with Crippen molar-refractivity contribution in [2.45, 2.75) is 12.9 Å². The van der Waals surface area contributed by atoms with Crippen LogP contribution < -0.4 is 15.4 Å². The molecule has 0 radical (unpaired) electrons. The molecule has 0 aliphatic carbocycles. The highest BCUT2D eigenvalue weighted by molar-refractivity contribution is 6.01. The maximum Gasteiger partial charge on any atom is 0.573 e. The third-order valence-corrected chi connectivity index (χ3v) is 3.62. The number of amides is 2. The summed E-state index contributed by atoms with van der Waals surface area (Å²) in [7, 11) is 0. The predicted molar refractivity (Wildman–Crippen MR) is 90.7 cm³/mol. The topological polar surface area (TPSA) is 63.2 Å². The van der Waals surface area contributed by atoms with Gasteiger partial charge >= 0.3 is 12.4 Å². The van der Waals surface area contributed by atoms with Crippen molar-refractivity contribution in [1.82, 2.24) is 10.3 Å². The number of alkyl halides is 3. The maximum absolute atomic E-state index is 14.1. The third kappa shape index (κ3) is 4.84. The minimum atomic E-state index is -4.77. The zero-order valence-electron chi connectivity index (χ0n) is 13.7. The number of carbonyl (C=O) groups is 1. The summed E-state index contributed by atoms with van der Waals surface area (Å²) in [5, 5.41) is 6.11. The maximum atomic E-state index is 14.1. The van der Waals surface area contributed by atoms with Crippen molar-refractivity contribution in [3.63, 3.8) is 0 Å². The number of urea groups is 1. The Morgan fingerprint density at radius 2 is 1.81 bits per heavy atom. The van der Waals surface area contributed by atoms with Crippen LogP contribution in [0.15, 0.2) is 54.9 Å². The number of hydrogen-bond acceptors (Lipinski definition) is 3. The standard InChI is InChI=1S/C18H13F4N3O2/c19-15-6-3-12-10-23-8-7-14(12)16(15)25-17(26)24-9-11-1-4-13(5-2-11)27-18(20,21)22/h1-8,10H,9H2,(H2,24,25,26). The number of ether oxygens (including phenoxy) is 1. The van der Waals surface area contributed by atoms with Gasteiger partial charge < -0.3 is 15.4 Å². The largest absolute Gasteiger partial charge is 0.573 e. The van der Waals surface area contributed by atoms with E-state index in [0.717, 1.165) is 12.1 Å². The summed E-state index contributed by atoms with van der Waals surface area (Å²) in [6, 6.07) is 8.72. The monoisotopic (exact) mass is 379 g/mol. The Morgan fingerprint density at radius 1 is 1.07 bits per heavy atom. The van der Waals surface area contributed by atoms with Gasteiger partial charge in [-0.15, -0.1) is 13.2 Å². The Kier molecular flexibility index (Phi) is 5.11. The summed E-state index contributed by atoms with van der Waals surface area (Å²) in [6.07, 6.45) is -1.74. The lowest BCUT2D eigenvalue weighted by Crippen LogP contribution is -2.28. The third-order valence-electron chi connectivity index (χ3n) is 3.62. The molecule has 0 aliphatic rings. The molecular formula is C18H13F4N3O2. The van der Waals surface area contributed by atoms with Gasteiger partial charge in [-0.2, -0.15) is 0 Å². The lowest BCUT2D eigenvalue weighted by Gasteiger charge is -2.12. The molecule has 27 heavy (non-hydrogen) atoms. The Labute approximate surface area is 151 Å². The summed E-state index contributed by atoms with van der Waals surface area (Å²) in [6.45, 7) is 0.0338. The number of halogens is 4. The number of nitrogens with zero attached hydrogens (tertiary/aromatic N) is 1. The van der Waals surface area contributed by atoms with Gasteiger partial charge in [-0.1, -0.05) is 12.1 Å². The molecule has 0 aliphatic heterocycles. The Bertz CT molecular complexity index is 959. The lowest BCUT2D eigenvalue weighted by molar-refractivity contribution is -0.274. The minimum absolute atomic E-state index is 0.0151. The summed E-state index contributed by atoms with van der Waals surface area (Å²) >= 11 is 0. The molecule has 3 aromatic rings. The van der Waals surface area contributed by atoms with Crippen molar-refractivity contribution in [2.75, 3.05) is 5.32 Å². The second kappa shape index (κ2) is 7.48. The zero-order chi connectivity index (χ0) is 19.4. The van der Waals surface area contributed by atoms with Crippen molar-refractivity contribution in [3.05, 3.63) is 66.2 Å². The molecule has 2 aromatic carbocycles. The Balaban J connectivity index is 1.63. The number of pyridine rings is 1. The first-order valence-corrected chi connectivity index (χ1v) is 7.73. The molecule has 0 saturated heterocycles. The van der Waals surface area contributed by atoms with Gasteiger partial charge in [-0.05, 0) is 35.9 Å². The van der Waals surface area contributed by atoms with Gasteiger partial charge in [0.2, 0.25) is 0 Å². The number of aromatic nitrogens is 1. The van der Waals surface area contributed by atoms with E-state index >= 15 is 0 Å². The molecule has 0 spiro atoms. The molecule has 140 valence electrons. The number of anilines is 1. The van der Waals surface area contributed by atoms with Gasteiger partial charge in [0.15, 0.2) is 0 Å². The number of nitrogens with one attached hydrogen (secondary N) is 2. The fraction of sp³-hybridized carbons (Fsp3) is 0.111. The number of fused-ring (bicyclic) bond motifs is 1. The van der Waals surface area contributed by atoms with Crippen LogP contribution in [0.1, 0.15) is 5.56 Å². The summed E-state index contributed by atoms with van der Waals surface area (Å²) in [4.78, 5) is 16.0. The van der Waals surface area contributed by atoms with Gasteiger partial charge in [0.05, 0.1) is 5.69 Å². The van der Waals surface area contributed by atoms with E-state index in [1.807, 2.05) is 0 Å². The molecule has 3 rings (SSSR count). The van der Waals surface area contributed by atoms with Gasteiger partial charge in [-0.3, -0.25) is 4.98 Å². The predicted octanol–water partition coefficient (Wildman–Crippen LogP) is 4.59. The van der Waals surface area contributed by atoms with E-state index in [9.17, 15) is 22.4 Å². The molecule has 2 N–H and O–H groups in total. The molecular weight excluding hydrogens is 366 g/mol. The highest BCUT2D eigenvalue weighted by atomic mass is 19.4. The van der Waals surface area contributed by atoms with Crippen LogP contribution in [0, 0.1) is 5.82 Å². The van der Waals surface area contributed by atoms with Crippen LogP contribution in [0.5, 0.6) is 5.75 Å². The fourth-order valence-corrected chi connectivity index (χ4v) is 2.42. The van der Waals surface area contributed by atoms with Crippen molar-refractivity contribution in [3.8, 4) is 5.75 Å². The Hall–Kier alpha value is -3.36. The second-order valence-corrected chi connectivity index (χ2v) is 5.52. The second-order valence-electron chi connectivity index (χ2n) is 5.52. The van der Waals surface area contributed by atoms with Crippen molar-refractivity contribution in [1.29, 1.82) is 0 Å². The van der Waals surface area contributed by atoms with Crippen LogP contribution in [0.25, 0.3) is 10.8 Å². The molecule has 9 heteroatoms. The SMILES string of the molecule is O=C(NCc1ccc(OC(F)(F)F)cc1)Nc1c(F)ccc2cnccc12. The van der Waals surface area contributed by atoms with E-state index in [2.05, 4.69) is 20.4 Å². The molecule has 0 unspecified atom stereocenters. The van der Waals surface area contributed by atoms with E-state index in [1.54, 1.807) is 18.3 Å². The molecule has 5 nitrogen and oxygen atoms in total. The highest BCUT2D eigenvalue weighted by Crippen LogP contribution is 2.26. The quantitative estimate of drug-likeness (QED) is 0.652. The Morgan fingerprint density at radius 3 is 2.52 bits per heavy atom. The van der Waals surface area contributed by atoms with Crippen LogP contribution >= 0.6 is 0 Å². The number of rotatable bonds is 4. The molecule has 0 fully saturated rings. The van der Waals surface area contributed by atoms with E-state index in [0.29, 0.717) is 16.3 Å². The molecule has 0 atom stereocenters. The fourth-order valence-electron chi connectivity index (χ4n) is 2.42. The molecule has 1 aromatic heterocycles. The molecule has 0 bridgehead atoms. The van der Waals surface area contributed by atoms with Crippen molar-refractivity contribution >= 4 is 22.5 Å². The van der Waals surface area contributed by atoms with Crippen LogP contribution in [-0.2, 0) is 6.54 Å². The number of benzene rings is 2. The van der Waals surface area contributed by atoms with Crippen LogP contribution in [0.2, 0.25) is 0 Å². The zero-order valence-corrected chi connectivity index (χ0v) is 13.7. The first-order valence-electron chi connectivity index (χ1n) is 7.73. The van der Waals surface area contributed by atoms with Crippen molar-refractivity contribution in [2.24, 2.45) is 0 Å². The lowest BCUT2D eigenvalue weighted by atomic mass is 10.1. The normalized spacial score (nSPS) is 11.3. The summed E-state index contributed by atoms with van der Waals surface area (Å²) < 4.78 is 54.2. The summed E-state index contributed by atoms with van der Waals surface area (Å²) in [5.41, 5.74) is 0.559. The highest BCUT2D eigenvalue weighted by Gasteiger charge is 2.30. The minimum Gasteiger partial charge on any atom is -0.406 e. The van der Waals surface area contributed by atoms with Gasteiger partial charge in [-0.25, -0.2) is 9.18 Å². The smallest absolute Gasteiger partial charge is 0.406 e. The van der Waals surface area contributed by atoms with E-state index in [1.165, 1.54) is 24.4 Å². The molecule has 1 heterocycles. The average molecular weight is 379 g/mol. The summed E-state index contributed by atoms with van der Waals surface area (Å²) in [5.74, 6) is -0.959. The van der Waals surface area contributed by atoms with Crippen LogP contribution in [0.3, 0.4) is 0 Å². The van der Waals surface area contributed by atoms with Gasteiger partial charge in [0.1, 0.15) is 11.6 Å². The average Bonchev–Trinajstić information content (AvgIpc) is 2.62. The molecule has 0 saturated carbocycles. The first kappa shape index (κ1) is 18.4. The van der Waals surface area contributed by atoms with E-state index < -0.39 is 18.2 Å². The van der Waals surface area contributed by atoms with Crippen LogP contribution in [-0.4, -0.2) is 17.4 Å². The number of hydrogen-bond donors (Lipinski definition) is 2. The van der Waals surface area contributed by atoms with Crippen molar-refractivity contribution < 1.29 is 27.1 Å². The number of carbonyl (C=O) groups excluding carboxylic acids is 1.